The number of aromatic nitrogens is 2. The van der Waals surface area contributed by atoms with Crippen LogP contribution in [0.3, 0.4) is 0 Å². The van der Waals surface area contributed by atoms with Gasteiger partial charge in [-0.3, -0.25) is 4.90 Å². The molecule has 0 radical (unpaired) electrons. The molecule has 5 nitrogen and oxygen atoms in total. The number of carbonyl (C=O) groups excluding carboxylic acids is 1. The van der Waals surface area contributed by atoms with Crippen molar-refractivity contribution in [3.63, 3.8) is 0 Å². The van der Waals surface area contributed by atoms with Crippen molar-refractivity contribution in [1.29, 1.82) is 0 Å². The van der Waals surface area contributed by atoms with Crippen LogP contribution in [0, 0.1) is 3.83 Å². The van der Waals surface area contributed by atoms with E-state index in [2.05, 4.69) is 9.97 Å². The number of rotatable bonds is 0. The summed E-state index contributed by atoms with van der Waals surface area (Å²) in [5.41, 5.74) is 1.10. The number of amides is 1. The van der Waals surface area contributed by atoms with Crippen LogP contribution in [0.15, 0.2) is 0 Å². The van der Waals surface area contributed by atoms with Gasteiger partial charge >= 0.3 is 6.09 Å². The zero-order valence-corrected chi connectivity index (χ0v) is 13.2. The first-order valence-electron chi connectivity index (χ1n) is 5.45. The van der Waals surface area contributed by atoms with Gasteiger partial charge in [0, 0.05) is 28.2 Å². The van der Waals surface area contributed by atoms with E-state index in [0.717, 1.165) is 11.3 Å². The SMILES string of the molecule is CC(C)(C)OC(=O)N1Cc2nc(I)nc(Cl)c2C1. The number of hydrogen-bond donors (Lipinski definition) is 0. The Morgan fingerprint density at radius 3 is 2.67 bits per heavy atom. The quantitative estimate of drug-likeness (QED) is 0.394. The molecule has 2 rings (SSSR count). The maximum atomic E-state index is 11.9. The largest absolute Gasteiger partial charge is 0.444 e. The fourth-order valence-corrected chi connectivity index (χ4v) is 2.57. The van der Waals surface area contributed by atoms with Crippen LogP contribution in [-0.4, -0.2) is 26.6 Å². The standard InChI is InChI=1S/C11H13ClIN3O2/c1-11(2,3)18-10(17)16-4-6-7(5-16)14-9(13)15-8(6)12/h4-5H2,1-3H3. The number of hydrogen-bond acceptors (Lipinski definition) is 4. The van der Waals surface area contributed by atoms with E-state index in [1.807, 2.05) is 43.4 Å². The number of halogens is 2. The van der Waals surface area contributed by atoms with Crippen LogP contribution in [0.25, 0.3) is 0 Å². The molecule has 0 unspecified atom stereocenters. The molecular formula is C11H13ClIN3O2. The molecule has 0 fully saturated rings. The van der Waals surface area contributed by atoms with Gasteiger partial charge in [0.25, 0.3) is 0 Å². The van der Waals surface area contributed by atoms with E-state index in [-0.39, 0.29) is 6.09 Å². The zero-order chi connectivity index (χ0) is 13.5. The lowest BCUT2D eigenvalue weighted by atomic mass is 10.2. The van der Waals surface area contributed by atoms with Gasteiger partial charge in [-0.05, 0) is 20.8 Å². The summed E-state index contributed by atoms with van der Waals surface area (Å²) in [5, 5.41) is 0.412. The van der Waals surface area contributed by atoms with Gasteiger partial charge in [-0.2, -0.15) is 0 Å². The van der Waals surface area contributed by atoms with Crippen LogP contribution in [0.1, 0.15) is 32.0 Å². The molecule has 2 heterocycles. The smallest absolute Gasteiger partial charge is 0.410 e. The van der Waals surface area contributed by atoms with Crippen LogP contribution in [0.2, 0.25) is 5.15 Å². The molecule has 1 amide bonds. The van der Waals surface area contributed by atoms with Gasteiger partial charge in [-0.15, -0.1) is 0 Å². The molecule has 1 aliphatic heterocycles. The Bertz CT molecular complexity index is 502. The second kappa shape index (κ2) is 4.80. The van der Waals surface area contributed by atoms with Crippen molar-refractivity contribution in [3.8, 4) is 0 Å². The highest BCUT2D eigenvalue weighted by Gasteiger charge is 2.30. The third-order valence-electron chi connectivity index (χ3n) is 2.36. The molecule has 0 N–H and O–H groups in total. The third-order valence-corrected chi connectivity index (χ3v) is 3.15. The van der Waals surface area contributed by atoms with E-state index in [1.54, 1.807) is 4.90 Å². The van der Waals surface area contributed by atoms with Crippen molar-refractivity contribution >= 4 is 40.3 Å². The third kappa shape index (κ3) is 3.03. The molecule has 1 aromatic rings. The average molecular weight is 382 g/mol. The van der Waals surface area contributed by atoms with Crippen LogP contribution >= 0.6 is 34.2 Å². The Labute approximate surface area is 124 Å². The fraction of sp³-hybridized carbons (Fsp3) is 0.545. The Kier molecular flexibility index (Phi) is 3.68. The fourth-order valence-electron chi connectivity index (χ4n) is 1.64. The maximum Gasteiger partial charge on any atom is 0.410 e. The first-order valence-corrected chi connectivity index (χ1v) is 6.90. The summed E-state index contributed by atoms with van der Waals surface area (Å²) in [5.74, 6) is 0. The van der Waals surface area contributed by atoms with E-state index in [0.29, 0.717) is 22.1 Å². The molecule has 1 aliphatic rings. The lowest BCUT2D eigenvalue weighted by molar-refractivity contribution is 0.0240. The molecule has 7 heteroatoms. The highest BCUT2D eigenvalue weighted by Crippen LogP contribution is 2.28. The van der Waals surface area contributed by atoms with Gasteiger partial charge in [0.2, 0.25) is 0 Å². The van der Waals surface area contributed by atoms with Crippen LogP contribution < -0.4 is 0 Å². The highest BCUT2D eigenvalue weighted by molar-refractivity contribution is 14.1. The molecule has 18 heavy (non-hydrogen) atoms. The summed E-state index contributed by atoms with van der Waals surface area (Å²) < 4.78 is 5.90. The lowest BCUT2D eigenvalue weighted by Crippen LogP contribution is -2.33. The van der Waals surface area contributed by atoms with Gasteiger partial charge in [0.15, 0.2) is 3.83 Å². The van der Waals surface area contributed by atoms with E-state index in [1.165, 1.54) is 0 Å². The van der Waals surface area contributed by atoms with E-state index in [9.17, 15) is 4.79 Å². The minimum Gasteiger partial charge on any atom is -0.444 e. The normalized spacial score (nSPS) is 14.6. The Morgan fingerprint density at radius 2 is 2.06 bits per heavy atom. The van der Waals surface area contributed by atoms with E-state index >= 15 is 0 Å². The van der Waals surface area contributed by atoms with Gasteiger partial charge in [-0.1, -0.05) is 11.6 Å². The predicted octanol–water partition coefficient (Wildman–Crippen LogP) is 2.99. The van der Waals surface area contributed by atoms with Crippen LogP contribution in [0.4, 0.5) is 4.79 Å². The second-order valence-electron chi connectivity index (χ2n) is 5.05. The molecule has 0 bridgehead atoms. The minimum absolute atomic E-state index is 0.355. The molecule has 0 saturated carbocycles. The molecule has 1 aromatic heterocycles. The summed E-state index contributed by atoms with van der Waals surface area (Å²) in [6.45, 7) is 6.33. The minimum atomic E-state index is -0.504. The first-order chi connectivity index (χ1) is 8.26. The monoisotopic (exact) mass is 381 g/mol. The van der Waals surface area contributed by atoms with Gasteiger partial charge in [0.1, 0.15) is 10.8 Å². The predicted molar refractivity (Wildman–Crippen MR) is 75.2 cm³/mol. The van der Waals surface area contributed by atoms with E-state index < -0.39 is 5.60 Å². The van der Waals surface area contributed by atoms with Crippen molar-refractivity contribution in [2.75, 3.05) is 0 Å². The summed E-state index contributed by atoms with van der Waals surface area (Å²) in [4.78, 5) is 21.9. The number of nitrogens with zero attached hydrogens (tertiary/aromatic N) is 3. The summed E-state index contributed by atoms with van der Waals surface area (Å²) in [6.07, 6.45) is -0.355. The number of ether oxygens (including phenoxy) is 1. The lowest BCUT2D eigenvalue weighted by Gasteiger charge is -2.23. The maximum absolute atomic E-state index is 11.9. The molecule has 0 spiro atoms. The Balaban J connectivity index is 2.15. The molecular weight excluding hydrogens is 368 g/mol. The summed E-state index contributed by atoms with van der Waals surface area (Å²) in [6, 6.07) is 0. The Morgan fingerprint density at radius 1 is 1.39 bits per heavy atom. The summed E-state index contributed by atoms with van der Waals surface area (Å²) in [7, 11) is 0. The zero-order valence-electron chi connectivity index (χ0n) is 10.3. The number of fused-ring (bicyclic) bond motifs is 1. The van der Waals surface area contributed by atoms with Crippen molar-refractivity contribution in [2.45, 2.75) is 39.5 Å². The number of carbonyl (C=O) groups is 1. The molecule has 0 aliphatic carbocycles. The van der Waals surface area contributed by atoms with Crippen LogP contribution in [-0.2, 0) is 17.8 Å². The molecule has 98 valence electrons. The van der Waals surface area contributed by atoms with Gasteiger partial charge < -0.3 is 4.74 Å². The van der Waals surface area contributed by atoms with Crippen LogP contribution in [0.5, 0.6) is 0 Å². The molecule has 0 atom stereocenters. The van der Waals surface area contributed by atoms with Crippen molar-refractivity contribution in [3.05, 3.63) is 20.2 Å². The summed E-state index contributed by atoms with van der Waals surface area (Å²) >= 11 is 8.05. The topological polar surface area (TPSA) is 55.3 Å². The second-order valence-corrected chi connectivity index (χ2v) is 6.37. The highest BCUT2D eigenvalue weighted by atomic mass is 127. The van der Waals surface area contributed by atoms with Crippen molar-refractivity contribution in [2.24, 2.45) is 0 Å². The molecule has 0 saturated heterocycles. The first kappa shape index (κ1) is 13.8. The van der Waals surface area contributed by atoms with Crippen molar-refractivity contribution < 1.29 is 9.53 Å². The average Bonchev–Trinajstić information content (AvgIpc) is 2.58. The van der Waals surface area contributed by atoms with Gasteiger partial charge in [0.05, 0.1) is 18.8 Å². The van der Waals surface area contributed by atoms with E-state index in [4.69, 9.17) is 16.3 Å². The van der Waals surface area contributed by atoms with Gasteiger partial charge in [-0.25, -0.2) is 14.8 Å². The molecule has 0 aromatic carbocycles. The van der Waals surface area contributed by atoms with Crippen molar-refractivity contribution in [1.82, 2.24) is 14.9 Å². The Hall–Kier alpha value is -0.630.